The van der Waals surface area contributed by atoms with E-state index in [2.05, 4.69) is 20.3 Å². The van der Waals surface area contributed by atoms with Gasteiger partial charge in [0.1, 0.15) is 11.3 Å². The molecule has 0 atom stereocenters. The van der Waals surface area contributed by atoms with Gasteiger partial charge in [-0.05, 0) is 55.5 Å². The molecule has 35 heavy (non-hydrogen) atoms. The first-order valence-corrected chi connectivity index (χ1v) is 10.2. The minimum Gasteiger partial charge on any atom is -0.462 e. The van der Waals surface area contributed by atoms with Crippen LogP contribution in [0.1, 0.15) is 33.3 Å². The summed E-state index contributed by atoms with van der Waals surface area (Å²) in [6, 6.07) is 10.7. The topological polar surface area (TPSA) is 91.0 Å². The largest absolute Gasteiger partial charge is 0.462 e. The normalized spacial score (nSPS) is 11.3. The highest BCUT2D eigenvalue weighted by Crippen LogP contribution is 2.34. The summed E-state index contributed by atoms with van der Waals surface area (Å²) in [6.45, 7) is 1.38. The highest BCUT2D eigenvalue weighted by molar-refractivity contribution is 6.04. The van der Waals surface area contributed by atoms with Crippen LogP contribution < -0.4 is 5.32 Å². The number of esters is 1. The second-order valence-corrected chi connectivity index (χ2v) is 7.15. The Morgan fingerprint density at radius 1 is 1.09 bits per heavy atom. The highest BCUT2D eigenvalue weighted by atomic mass is 19.4. The summed E-state index contributed by atoms with van der Waals surface area (Å²) in [6.07, 6.45) is -1.04. The number of ether oxygens (including phenoxy) is 1. The molecule has 12 heteroatoms. The number of anilines is 1. The van der Waals surface area contributed by atoms with Crippen molar-refractivity contribution in [1.29, 1.82) is 0 Å². The molecule has 0 saturated heterocycles. The van der Waals surface area contributed by atoms with Gasteiger partial charge in [0.15, 0.2) is 11.5 Å². The number of nitrogens with zero attached hydrogens (tertiary/aromatic N) is 4. The number of aromatic nitrogens is 4. The average Bonchev–Trinajstić information content (AvgIpc) is 3.50. The van der Waals surface area contributed by atoms with Crippen LogP contribution in [0.25, 0.3) is 11.4 Å². The van der Waals surface area contributed by atoms with Crippen molar-refractivity contribution in [2.75, 3.05) is 11.9 Å². The van der Waals surface area contributed by atoms with Crippen molar-refractivity contribution in [2.24, 2.45) is 0 Å². The number of benzene rings is 2. The van der Waals surface area contributed by atoms with Gasteiger partial charge in [-0.15, -0.1) is 0 Å². The van der Waals surface area contributed by atoms with E-state index in [1.165, 1.54) is 54.2 Å². The molecule has 2 aromatic carbocycles. The number of halogens is 4. The SMILES string of the molecule is CCOC(=O)c1cnn(-c2ccc(C(=O)Nc3ccc(-n4cccn4)c(F)c3)cc2)c1C(F)(F)F. The van der Waals surface area contributed by atoms with Crippen molar-refractivity contribution in [3.8, 4) is 11.4 Å². The van der Waals surface area contributed by atoms with Gasteiger partial charge in [-0.1, -0.05) is 0 Å². The molecule has 0 bridgehead atoms. The van der Waals surface area contributed by atoms with Crippen molar-refractivity contribution in [2.45, 2.75) is 13.1 Å². The Bertz CT molecular complexity index is 1360. The Morgan fingerprint density at radius 3 is 2.43 bits per heavy atom. The van der Waals surface area contributed by atoms with E-state index in [1.54, 1.807) is 12.3 Å². The summed E-state index contributed by atoms with van der Waals surface area (Å²) < 4.78 is 61.9. The molecule has 0 spiro atoms. The molecule has 0 saturated carbocycles. The quantitative estimate of drug-likeness (QED) is 0.316. The van der Waals surface area contributed by atoms with Crippen LogP contribution in [0.15, 0.2) is 67.1 Å². The first-order chi connectivity index (χ1) is 16.7. The predicted octanol–water partition coefficient (Wildman–Crippen LogP) is 4.64. The smallest absolute Gasteiger partial charge is 0.434 e. The predicted molar refractivity (Wildman–Crippen MR) is 116 cm³/mol. The van der Waals surface area contributed by atoms with Gasteiger partial charge in [0.05, 0.1) is 18.5 Å². The molecular weight excluding hydrogens is 470 g/mol. The van der Waals surface area contributed by atoms with Gasteiger partial charge in [-0.2, -0.15) is 23.4 Å². The summed E-state index contributed by atoms with van der Waals surface area (Å²) in [5.41, 5.74) is -1.56. The summed E-state index contributed by atoms with van der Waals surface area (Å²) in [5, 5.41) is 10.2. The van der Waals surface area contributed by atoms with Gasteiger partial charge in [0.2, 0.25) is 0 Å². The molecule has 4 aromatic rings. The van der Waals surface area contributed by atoms with Crippen LogP contribution in [0.2, 0.25) is 0 Å². The molecule has 0 unspecified atom stereocenters. The lowest BCUT2D eigenvalue weighted by molar-refractivity contribution is -0.143. The molecule has 0 aliphatic rings. The highest BCUT2D eigenvalue weighted by Gasteiger charge is 2.41. The van der Waals surface area contributed by atoms with Crippen molar-refractivity contribution >= 4 is 17.6 Å². The number of nitrogens with one attached hydrogen (secondary N) is 1. The standard InChI is InChI=1S/C23H17F4N5O3/c1-2-35-22(34)17-13-29-32(20(17)23(25,26)27)16-7-4-14(5-8-16)21(33)30-15-6-9-19(18(24)12-15)31-11-3-10-28-31/h3-13H,2H2,1H3,(H,30,33). The van der Waals surface area contributed by atoms with E-state index < -0.39 is 35.1 Å². The number of amides is 1. The van der Waals surface area contributed by atoms with E-state index in [0.717, 1.165) is 12.3 Å². The summed E-state index contributed by atoms with van der Waals surface area (Å²) in [4.78, 5) is 24.5. The van der Waals surface area contributed by atoms with E-state index in [4.69, 9.17) is 0 Å². The maximum atomic E-state index is 14.4. The average molecular weight is 487 g/mol. The first-order valence-electron chi connectivity index (χ1n) is 10.2. The molecule has 0 aliphatic carbocycles. The fraction of sp³-hybridized carbons (Fsp3) is 0.130. The molecule has 2 heterocycles. The maximum Gasteiger partial charge on any atom is 0.434 e. The molecule has 180 valence electrons. The van der Waals surface area contributed by atoms with Crippen LogP contribution in [0.5, 0.6) is 0 Å². The van der Waals surface area contributed by atoms with Crippen LogP contribution in [-0.4, -0.2) is 38.0 Å². The van der Waals surface area contributed by atoms with Crippen LogP contribution in [0, 0.1) is 5.82 Å². The number of hydrogen-bond acceptors (Lipinski definition) is 5. The van der Waals surface area contributed by atoms with Crippen LogP contribution in [0.4, 0.5) is 23.2 Å². The Balaban J connectivity index is 1.55. The lowest BCUT2D eigenvalue weighted by Crippen LogP contribution is -2.18. The minimum atomic E-state index is -4.89. The minimum absolute atomic E-state index is 0.0287. The van der Waals surface area contributed by atoms with Gasteiger partial charge in [-0.3, -0.25) is 4.79 Å². The fourth-order valence-electron chi connectivity index (χ4n) is 3.31. The number of alkyl halides is 3. The number of rotatable bonds is 6. The monoisotopic (exact) mass is 487 g/mol. The van der Waals surface area contributed by atoms with Crippen molar-refractivity contribution in [3.05, 3.63) is 89.8 Å². The van der Waals surface area contributed by atoms with E-state index in [1.807, 2.05) is 0 Å². The fourth-order valence-corrected chi connectivity index (χ4v) is 3.31. The third-order valence-electron chi connectivity index (χ3n) is 4.86. The van der Waals surface area contributed by atoms with E-state index in [-0.39, 0.29) is 29.2 Å². The second-order valence-electron chi connectivity index (χ2n) is 7.15. The van der Waals surface area contributed by atoms with Crippen LogP contribution in [-0.2, 0) is 10.9 Å². The third-order valence-corrected chi connectivity index (χ3v) is 4.86. The first kappa shape index (κ1) is 23.7. The summed E-state index contributed by atoms with van der Waals surface area (Å²) in [7, 11) is 0. The van der Waals surface area contributed by atoms with Crippen molar-refractivity contribution < 1.29 is 31.9 Å². The van der Waals surface area contributed by atoms with Gasteiger partial charge < -0.3 is 10.1 Å². The van der Waals surface area contributed by atoms with Crippen LogP contribution in [0.3, 0.4) is 0 Å². The Labute approximate surface area is 195 Å². The number of hydrogen-bond donors (Lipinski definition) is 1. The van der Waals surface area contributed by atoms with Gasteiger partial charge >= 0.3 is 12.1 Å². The lowest BCUT2D eigenvalue weighted by Gasteiger charge is -2.13. The van der Waals surface area contributed by atoms with Crippen molar-refractivity contribution in [3.63, 3.8) is 0 Å². The Hall–Kier alpha value is -4.48. The summed E-state index contributed by atoms with van der Waals surface area (Å²) >= 11 is 0. The molecular formula is C23H17F4N5O3. The van der Waals surface area contributed by atoms with E-state index in [0.29, 0.717) is 4.68 Å². The zero-order chi connectivity index (χ0) is 25.2. The van der Waals surface area contributed by atoms with Gasteiger partial charge in [0.25, 0.3) is 5.91 Å². The Kier molecular flexibility index (Phi) is 6.36. The number of carbonyl (C=O) groups excluding carboxylic acids is 2. The molecule has 4 rings (SSSR count). The molecule has 2 aromatic heterocycles. The maximum absolute atomic E-state index is 14.4. The summed E-state index contributed by atoms with van der Waals surface area (Å²) in [5.74, 6) is -2.36. The molecule has 0 radical (unpaired) electrons. The van der Waals surface area contributed by atoms with Gasteiger partial charge in [-0.25, -0.2) is 18.5 Å². The molecule has 0 fully saturated rings. The molecule has 8 nitrogen and oxygen atoms in total. The molecule has 0 aliphatic heterocycles. The molecule has 1 N–H and O–H groups in total. The Morgan fingerprint density at radius 2 is 1.83 bits per heavy atom. The van der Waals surface area contributed by atoms with Gasteiger partial charge in [0, 0.05) is 23.6 Å². The van der Waals surface area contributed by atoms with E-state index in [9.17, 15) is 27.2 Å². The van der Waals surface area contributed by atoms with Crippen molar-refractivity contribution in [1.82, 2.24) is 19.6 Å². The second kappa shape index (κ2) is 9.41. The zero-order valence-electron chi connectivity index (χ0n) is 18.1. The number of carbonyl (C=O) groups is 2. The zero-order valence-corrected chi connectivity index (χ0v) is 18.1. The lowest BCUT2D eigenvalue weighted by atomic mass is 10.1. The third kappa shape index (κ3) is 4.90. The molecule has 1 amide bonds. The van der Waals surface area contributed by atoms with Crippen LogP contribution >= 0.6 is 0 Å². The van der Waals surface area contributed by atoms with E-state index >= 15 is 0 Å².